The van der Waals surface area contributed by atoms with Crippen molar-refractivity contribution in [1.29, 1.82) is 0 Å². The Balaban J connectivity index is 1.83. The number of ketones is 1. The minimum Gasteiger partial charge on any atom is -0.347 e. The lowest BCUT2D eigenvalue weighted by Gasteiger charge is -2.54. The van der Waals surface area contributed by atoms with Gasteiger partial charge in [-0.15, -0.1) is 0 Å². The molecule has 15 heavy (non-hydrogen) atoms. The third kappa shape index (κ3) is 1.28. The van der Waals surface area contributed by atoms with Gasteiger partial charge in [0.15, 0.2) is 5.79 Å². The first kappa shape index (κ1) is 10.2. The predicted octanol–water partition coefficient (Wildman–Crippen LogP) is 1.74. The van der Waals surface area contributed by atoms with Crippen LogP contribution in [-0.4, -0.2) is 30.1 Å². The summed E-state index contributed by atoms with van der Waals surface area (Å²) in [6.45, 7) is 1.38. The Bertz CT molecular complexity index is 286. The molecule has 84 valence electrons. The zero-order chi connectivity index (χ0) is 10.5. The lowest BCUT2D eigenvalue weighted by molar-refractivity contribution is -0.311. The van der Waals surface area contributed by atoms with Crippen LogP contribution in [0.4, 0.5) is 0 Å². The van der Waals surface area contributed by atoms with E-state index in [9.17, 15) is 4.79 Å². The largest absolute Gasteiger partial charge is 0.347 e. The molecule has 3 nitrogen and oxygen atoms in total. The van der Waals surface area contributed by atoms with Gasteiger partial charge < -0.3 is 9.47 Å². The van der Waals surface area contributed by atoms with Gasteiger partial charge in [-0.25, -0.2) is 0 Å². The summed E-state index contributed by atoms with van der Waals surface area (Å²) in [4.78, 5) is 11.5. The van der Waals surface area contributed by atoms with Crippen molar-refractivity contribution in [2.24, 2.45) is 17.8 Å². The van der Waals surface area contributed by atoms with Crippen molar-refractivity contribution >= 4 is 21.7 Å². The molecule has 3 fully saturated rings. The van der Waals surface area contributed by atoms with Gasteiger partial charge in [-0.1, -0.05) is 15.9 Å². The van der Waals surface area contributed by atoms with Crippen LogP contribution < -0.4 is 0 Å². The highest BCUT2D eigenvalue weighted by Crippen LogP contribution is 2.61. The van der Waals surface area contributed by atoms with Gasteiger partial charge >= 0.3 is 0 Å². The summed E-state index contributed by atoms with van der Waals surface area (Å²) in [7, 11) is 0. The smallest absolute Gasteiger partial charge is 0.175 e. The zero-order valence-corrected chi connectivity index (χ0v) is 10.2. The van der Waals surface area contributed by atoms with Crippen molar-refractivity contribution in [3.8, 4) is 0 Å². The van der Waals surface area contributed by atoms with Crippen LogP contribution in [-0.2, 0) is 14.3 Å². The molecular weight excluding hydrogens is 260 g/mol. The molecule has 4 heteroatoms. The minimum atomic E-state index is -0.384. The Morgan fingerprint density at radius 2 is 2.07 bits per heavy atom. The van der Waals surface area contributed by atoms with Crippen LogP contribution in [0.5, 0.6) is 0 Å². The Labute approximate surface area is 97.6 Å². The number of hydrogen-bond acceptors (Lipinski definition) is 3. The van der Waals surface area contributed by atoms with E-state index in [0.717, 1.165) is 18.2 Å². The average molecular weight is 275 g/mol. The molecule has 3 atom stereocenters. The maximum Gasteiger partial charge on any atom is 0.175 e. The first-order chi connectivity index (χ1) is 7.28. The molecule has 2 aliphatic carbocycles. The summed E-state index contributed by atoms with van der Waals surface area (Å²) in [5, 5.41) is 0.962. The molecule has 1 unspecified atom stereocenters. The second kappa shape index (κ2) is 3.54. The van der Waals surface area contributed by atoms with Crippen LogP contribution in [0.1, 0.15) is 19.3 Å². The molecule has 0 aromatic carbocycles. The maximum absolute atomic E-state index is 11.5. The standard InChI is InChI=1S/C11H15BrO3/c12-2-1-9-8-5-7(13)6-10(8)11(9)14-3-4-15-11/h8-10H,1-6H2/t8?,9-,10+/m0/s1. The normalized spacial score (nSPS) is 41.9. The molecule has 0 aromatic rings. The van der Waals surface area contributed by atoms with Gasteiger partial charge in [-0.2, -0.15) is 0 Å². The predicted molar refractivity (Wildman–Crippen MR) is 57.8 cm³/mol. The van der Waals surface area contributed by atoms with Crippen LogP contribution in [0.3, 0.4) is 0 Å². The van der Waals surface area contributed by atoms with Crippen LogP contribution >= 0.6 is 15.9 Å². The van der Waals surface area contributed by atoms with E-state index in [2.05, 4.69) is 15.9 Å². The molecule has 0 N–H and O–H groups in total. The van der Waals surface area contributed by atoms with Crippen LogP contribution in [0.2, 0.25) is 0 Å². The van der Waals surface area contributed by atoms with Crippen molar-refractivity contribution < 1.29 is 14.3 Å². The van der Waals surface area contributed by atoms with Gasteiger partial charge in [0.05, 0.1) is 13.2 Å². The molecule has 1 saturated heterocycles. The van der Waals surface area contributed by atoms with E-state index < -0.39 is 0 Å². The Hall–Kier alpha value is 0.0700. The number of carbonyl (C=O) groups excluding carboxylic acids is 1. The van der Waals surface area contributed by atoms with E-state index in [1.165, 1.54) is 0 Å². The van der Waals surface area contributed by atoms with Gasteiger partial charge in [0.2, 0.25) is 0 Å². The highest BCUT2D eigenvalue weighted by Gasteiger charge is 2.67. The number of fused-ring (bicyclic) bond motifs is 2. The van der Waals surface area contributed by atoms with E-state index in [-0.39, 0.29) is 5.79 Å². The molecule has 0 radical (unpaired) electrons. The van der Waals surface area contributed by atoms with Crippen molar-refractivity contribution in [2.45, 2.75) is 25.0 Å². The van der Waals surface area contributed by atoms with E-state index in [1.807, 2.05) is 0 Å². The Morgan fingerprint density at radius 3 is 2.73 bits per heavy atom. The second-order valence-corrected chi connectivity index (χ2v) is 5.51. The van der Waals surface area contributed by atoms with Gasteiger partial charge in [0, 0.05) is 30.0 Å². The van der Waals surface area contributed by atoms with E-state index in [0.29, 0.717) is 43.2 Å². The summed E-state index contributed by atoms with van der Waals surface area (Å²) in [6.07, 6.45) is 2.47. The molecule has 0 bridgehead atoms. The molecule has 3 aliphatic rings. The molecule has 1 aliphatic heterocycles. The number of Topliss-reactive ketones (excluding diaryl/α,β-unsaturated/α-hetero) is 1. The monoisotopic (exact) mass is 274 g/mol. The number of ether oxygens (including phenoxy) is 2. The summed E-state index contributed by atoms with van der Waals surface area (Å²) in [5.74, 6) is 1.30. The number of halogens is 1. The minimum absolute atomic E-state index is 0.344. The van der Waals surface area contributed by atoms with Crippen molar-refractivity contribution in [3.63, 3.8) is 0 Å². The summed E-state index contributed by atoms with van der Waals surface area (Å²) >= 11 is 3.47. The molecule has 0 aromatic heterocycles. The number of rotatable bonds is 2. The Morgan fingerprint density at radius 1 is 1.33 bits per heavy atom. The first-order valence-corrected chi connectivity index (χ1v) is 6.75. The summed E-state index contributed by atoms with van der Waals surface area (Å²) in [6, 6.07) is 0. The lowest BCUT2D eigenvalue weighted by atomic mass is 9.60. The molecule has 1 heterocycles. The van der Waals surface area contributed by atoms with E-state index in [4.69, 9.17) is 9.47 Å². The van der Waals surface area contributed by atoms with Crippen molar-refractivity contribution in [1.82, 2.24) is 0 Å². The molecular formula is C11H15BrO3. The molecule has 1 spiro atoms. The first-order valence-electron chi connectivity index (χ1n) is 5.63. The molecule has 0 amide bonds. The summed E-state index contributed by atoms with van der Waals surface area (Å²) in [5.41, 5.74) is 0. The van der Waals surface area contributed by atoms with Gasteiger partial charge in [-0.05, 0) is 12.3 Å². The maximum atomic E-state index is 11.5. The topological polar surface area (TPSA) is 35.5 Å². The SMILES string of the molecule is O=C1CC2[C@@H](C1)C1(OCCO1)[C@H]2CCBr. The molecule has 2 saturated carbocycles. The number of hydrogen-bond donors (Lipinski definition) is 0. The van der Waals surface area contributed by atoms with Crippen LogP contribution in [0.25, 0.3) is 0 Å². The van der Waals surface area contributed by atoms with Crippen LogP contribution in [0.15, 0.2) is 0 Å². The van der Waals surface area contributed by atoms with Crippen LogP contribution in [0, 0.1) is 17.8 Å². The summed E-state index contributed by atoms with van der Waals surface area (Å²) < 4.78 is 11.6. The zero-order valence-electron chi connectivity index (χ0n) is 8.58. The van der Waals surface area contributed by atoms with Gasteiger partial charge in [0.1, 0.15) is 5.78 Å². The average Bonchev–Trinajstić information content (AvgIpc) is 2.81. The quantitative estimate of drug-likeness (QED) is 0.720. The van der Waals surface area contributed by atoms with Gasteiger partial charge in [0.25, 0.3) is 0 Å². The Kier molecular flexibility index (Phi) is 2.41. The third-order valence-corrected chi connectivity index (χ3v) is 4.59. The van der Waals surface area contributed by atoms with Gasteiger partial charge in [-0.3, -0.25) is 4.79 Å². The third-order valence-electron chi connectivity index (χ3n) is 4.14. The lowest BCUT2D eigenvalue weighted by Crippen LogP contribution is -2.61. The second-order valence-electron chi connectivity index (χ2n) is 4.72. The fourth-order valence-electron chi connectivity index (χ4n) is 3.61. The fraction of sp³-hybridized carbons (Fsp3) is 0.909. The van der Waals surface area contributed by atoms with Crippen molar-refractivity contribution in [2.75, 3.05) is 18.5 Å². The van der Waals surface area contributed by atoms with E-state index in [1.54, 1.807) is 0 Å². The highest BCUT2D eigenvalue weighted by atomic mass is 79.9. The highest BCUT2D eigenvalue weighted by molar-refractivity contribution is 9.09. The molecule has 3 rings (SSSR count). The van der Waals surface area contributed by atoms with E-state index >= 15 is 0 Å². The number of carbonyl (C=O) groups is 1. The number of alkyl halides is 1. The van der Waals surface area contributed by atoms with Crippen molar-refractivity contribution in [3.05, 3.63) is 0 Å². The fourth-order valence-corrected chi connectivity index (χ4v) is 4.10.